The van der Waals surface area contributed by atoms with Gasteiger partial charge in [-0.3, -0.25) is 4.79 Å². The second-order valence-corrected chi connectivity index (χ2v) is 6.22. The highest BCUT2D eigenvalue weighted by Gasteiger charge is 2.20. The first-order valence-electron chi connectivity index (χ1n) is 8.23. The summed E-state index contributed by atoms with van der Waals surface area (Å²) in [6.45, 7) is 8.18. The molecule has 116 valence electrons. The summed E-state index contributed by atoms with van der Waals surface area (Å²) in [5.74, 6) is 0.889. The molecule has 1 aliphatic rings. The third kappa shape index (κ3) is 5.16. The predicted molar refractivity (Wildman–Crippen MR) is 87.3 cm³/mol. The molecule has 1 heterocycles. The van der Waals surface area contributed by atoms with Crippen LogP contribution in [0, 0.1) is 12.8 Å². The summed E-state index contributed by atoms with van der Waals surface area (Å²) in [4.78, 5) is 14.7. The Morgan fingerprint density at radius 2 is 2.29 bits per heavy atom. The van der Waals surface area contributed by atoms with Gasteiger partial charge in [-0.1, -0.05) is 36.8 Å². The summed E-state index contributed by atoms with van der Waals surface area (Å²) in [6, 6.07) is 8.28. The standard InChI is InChI=1S/C18H28N2O/c1-3-10-20(14-17-8-5-9-19-13-17)18(21)12-16-7-4-6-15(2)11-16/h4,6-7,11,17,19H,3,5,8-10,12-14H2,1-2H3. The Kier molecular flexibility index (Phi) is 6.24. The molecule has 1 aromatic carbocycles. The average Bonchev–Trinajstić information content (AvgIpc) is 2.48. The molecule has 1 fully saturated rings. The Morgan fingerprint density at radius 3 is 2.95 bits per heavy atom. The molecule has 2 rings (SSSR count). The van der Waals surface area contributed by atoms with E-state index in [0.717, 1.165) is 38.2 Å². The van der Waals surface area contributed by atoms with Crippen LogP contribution in [0.4, 0.5) is 0 Å². The van der Waals surface area contributed by atoms with Gasteiger partial charge in [0.25, 0.3) is 0 Å². The molecule has 3 heteroatoms. The first-order valence-corrected chi connectivity index (χ1v) is 8.23. The second kappa shape index (κ2) is 8.18. The Bertz CT molecular complexity index is 452. The van der Waals surface area contributed by atoms with Crippen molar-refractivity contribution < 1.29 is 4.79 Å². The maximum atomic E-state index is 12.6. The smallest absolute Gasteiger partial charge is 0.226 e. The van der Waals surface area contributed by atoms with Crippen molar-refractivity contribution in [2.75, 3.05) is 26.2 Å². The van der Waals surface area contributed by atoms with Crippen LogP contribution >= 0.6 is 0 Å². The molecule has 1 amide bonds. The van der Waals surface area contributed by atoms with Gasteiger partial charge in [0.1, 0.15) is 0 Å². The molecule has 0 spiro atoms. The Hall–Kier alpha value is -1.35. The second-order valence-electron chi connectivity index (χ2n) is 6.22. The van der Waals surface area contributed by atoms with Crippen molar-refractivity contribution in [3.63, 3.8) is 0 Å². The van der Waals surface area contributed by atoms with Crippen LogP contribution in [0.25, 0.3) is 0 Å². The van der Waals surface area contributed by atoms with Gasteiger partial charge in [-0.05, 0) is 50.8 Å². The first-order chi connectivity index (χ1) is 10.2. The summed E-state index contributed by atoms with van der Waals surface area (Å²) < 4.78 is 0. The van der Waals surface area contributed by atoms with Crippen LogP contribution in [0.2, 0.25) is 0 Å². The third-order valence-electron chi connectivity index (χ3n) is 4.16. The van der Waals surface area contributed by atoms with Crippen LogP contribution in [-0.2, 0) is 11.2 Å². The zero-order valence-corrected chi connectivity index (χ0v) is 13.4. The molecular formula is C18H28N2O. The van der Waals surface area contributed by atoms with E-state index in [9.17, 15) is 4.79 Å². The number of piperidine rings is 1. The lowest BCUT2D eigenvalue weighted by atomic mass is 9.98. The van der Waals surface area contributed by atoms with E-state index in [1.807, 2.05) is 6.07 Å². The molecule has 3 nitrogen and oxygen atoms in total. The molecule has 0 saturated carbocycles. The fourth-order valence-corrected chi connectivity index (χ4v) is 3.09. The normalized spacial score (nSPS) is 18.5. The van der Waals surface area contributed by atoms with Crippen LogP contribution in [0.5, 0.6) is 0 Å². The minimum atomic E-state index is 0.271. The maximum absolute atomic E-state index is 12.6. The molecule has 1 N–H and O–H groups in total. The van der Waals surface area contributed by atoms with Crippen molar-refractivity contribution >= 4 is 5.91 Å². The highest BCUT2D eigenvalue weighted by Crippen LogP contribution is 2.14. The van der Waals surface area contributed by atoms with Crippen LogP contribution in [0.3, 0.4) is 0 Å². The van der Waals surface area contributed by atoms with E-state index in [1.54, 1.807) is 0 Å². The van der Waals surface area contributed by atoms with E-state index in [4.69, 9.17) is 0 Å². The van der Waals surface area contributed by atoms with Gasteiger partial charge in [0.05, 0.1) is 6.42 Å². The van der Waals surface area contributed by atoms with E-state index >= 15 is 0 Å². The maximum Gasteiger partial charge on any atom is 0.226 e. The van der Waals surface area contributed by atoms with Crippen LogP contribution in [0.1, 0.15) is 37.3 Å². The number of nitrogens with one attached hydrogen (secondary N) is 1. The zero-order chi connectivity index (χ0) is 15.1. The minimum Gasteiger partial charge on any atom is -0.342 e. The molecule has 0 bridgehead atoms. The van der Waals surface area contributed by atoms with E-state index < -0.39 is 0 Å². The van der Waals surface area contributed by atoms with Crippen molar-refractivity contribution in [1.82, 2.24) is 10.2 Å². The number of carbonyl (C=O) groups excluding carboxylic acids is 1. The van der Waals surface area contributed by atoms with E-state index in [2.05, 4.69) is 42.3 Å². The molecule has 1 aromatic rings. The van der Waals surface area contributed by atoms with Gasteiger partial charge in [-0.2, -0.15) is 0 Å². The van der Waals surface area contributed by atoms with Gasteiger partial charge < -0.3 is 10.2 Å². The average molecular weight is 288 g/mol. The van der Waals surface area contributed by atoms with Gasteiger partial charge in [-0.25, -0.2) is 0 Å². The summed E-state index contributed by atoms with van der Waals surface area (Å²) in [7, 11) is 0. The number of amides is 1. The number of hydrogen-bond acceptors (Lipinski definition) is 2. The zero-order valence-electron chi connectivity index (χ0n) is 13.4. The van der Waals surface area contributed by atoms with Gasteiger partial charge >= 0.3 is 0 Å². The van der Waals surface area contributed by atoms with Crippen LogP contribution < -0.4 is 5.32 Å². The molecular weight excluding hydrogens is 260 g/mol. The highest BCUT2D eigenvalue weighted by molar-refractivity contribution is 5.78. The Morgan fingerprint density at radius 1 is 1.43 bits per heavy atom. The van der Waals surface area contributed by atoms with Crippen molar-refractivity contribution in [1.29, 1.82) is 0 Å². The summed E-state index contributed by atoms with van der Waals surface area (Å²) in [5, 5.41) is 3.44. The van der Waals surface area contributed by atoms with E-state index in [0.29, 0.717) is 12.3 Å². The van der Waals surface area contributed by atoms with Crippen molar-refractivity contribution in [3.05, 3.63) is 35.4 Å². The molecule has 1 saturated heterocycles. The summed E-state index contributed by atoms with van der Waals surface area (Å²) >= 11 is 0. The van der Waals surface area contributed by atoms with Crippen LogP contribution in [0.15, 0.2) is 24.3 Å². The SMILES string of the molecule is CCCN(CC1CCCNC1)C(=O)Cc1cccc(C)c1. The van der Waals surface area contributed by atoms with Gasteiger partial charge in [0, 0.05) is 13.1 Å². The monoisotopic (exact) mass is 288 g/mol. The third-order valence-corrected chi connectivity index (χ3v) is 4.16. The predicted octanol–water partition coefficient (Wildman–Crippen LogP) is 2.78. The lowest BCUT2D eigenvalue weighted by Crippen LogP contribution is -2.42. The first kappa shape index (κ1) is 16.0. The summed E-state index contributed by atoms with van der Waals surface area (Å²) in [6.07, 6.45) is 4.03. The topological polar surface area (TPSA) is 32.3 Å². The molecule has 1 unspecified atom stereocenters. The Labute approximate surface area is 128 Å². The number of rotatable bonds is 6. The number of benzene rings is 1. The largest absolute Gasteiger partial charge is 0.342 e. The highest BCUT2D eigenvalue weighted by atomic mass is 16.2. The number of carbonyl (C=O) groups is 1. The molecule has 1 aliphatic heterocycles. The van der Waals surface area contributed by atoms with Crippen molar-refractivity contribution in [2.24, 2.45) is 5.92 Å². The van der Waals surface area contributed by atoms with E-state index in [1.165, 1.54) is 18.4 Å². The van der Waals surface area contributed by atoms with Crippen LogP contribution in [-0.4, -0.2) is 37.0 Å². The number of nitrogens with zero attached hydrogens (tertiary/aromatic N) is 1. The summed E-state index contributed by atoms with van der Waals surface area (Å²) in [5.41, 5.74) is 2.35. The van der Waals surface area contributed by atoms with Gasteiger partial charge in [0.2, 0.25) is 5.91 Å². The fraction of sp³-hybridized carbons (Fsp3) is 0.611. The lowest BCUT2D eigenvalue weighted by Gasteiger charge is -2.30. The van der Waals surface area contributed by atoms with Crippen molar-refractivity contribution in [3.8, 4) is 0 Å². The van der Waals surface area contributed by atoms with E-state index in [-0.39, 0.29) is 5.91 Å². The number of aryl methyl sites for hydroxylation is 1. The molecule has 0 radical (unpaired) electrons. The molecule has 0 aliphatic carbocycles. The quantitative estimate of drug-likeness (QED) is 0.873. The fourth-order valence-electron chi connectivity index (χ4n) is 3.09. The van der Waals surface area contributed by atoms with Gasteiger partial charge in [-0.15, -0.1) is 0 Å². The lowest BCUT2D eigenvalue weighted by molar-refractivity contribution is -0.131. The molecule has 0 aromatic heterocycles. The Balaban J connectivity index is 1.94. The molecule has 1 atom stereocenters. The van der Waals surface area contributed by atoms with Crippen molar-refractivity contribution in [2.45, 2.75) is 39.5 Å². The van der Waals surface area contributed by atoms with Gasteiger partial charge in [0.15, 0.2) is 0 Å². The number of hydrogen-bond donors (Lipinski definition) is 1. The minimum absolute atomic E-state index is 0.271. The molecule has 21 heavy (non-hydrogen) atoms.